The minimum atomic E-state index is -4.50. The highest BCUT2D eigenvalue weighted by Gasteiger charge is 2.55. The standard InChI is InChI=1S/C12H19NO6S/c1-3-7-18-19-20(16,17)13-11(14)9-6-4-5-8(2)10(9)12(13)15/h8-10H,3-7H2,1-2H3. The average Bonchev–Trinajstić information content (AvgIpc) is 2.63. The molecule has 0 aromatic heterocycles. The zero-order valence-corrected chi connectivity index (χ0v) is 12.4. The van der Waals surface area contributed by atoms with E-state index < -0.39 is 34.0 Å². The van der Waals surface area contributed by atoms with Crippen molar-refractivity contribution in [1.82, 2.24) is 4.31 Å². The van der Waals surface area contributed by atoms with E-state index in [1.165, 1.54) is 0 Å². The van der Waals surface area contributed by atoms with Crippen molar-refractivity contribution in [2.75, 3.05) is 6.61 Å². The Kier molecular flexibility index (Phi) is 4.46. The van der Waals surface area contributed by atoms with E-state index in [4.69, 9.17) is 0 Å². The van der Waals surface area contributed by atoms with E-state index in [2.05, 4.69) is 9.22 Å². The van der Waals surface area contributed by atoms with Gasteiger partial charge in [0.1, 0.15) is 0 Å². The van der Waals surface area contributed by atoms with Crippen molar-refractivity contribution < 1.29 is 27.2 Å². The molecular weight excluding hydrogens is 286 g/mol. The molecule has 2 aliphatic rings. The SMILES string of the molecule is CCCOOS(=O)(=O)N1C(=O)C2CCCC(C)C2C1=O. The second kappa shape index (κ2) is 5.79. The predicted molar refractivity (Wildman–Crippen MR) is 68.1 cm³/mol. The van der Waals surface area contributed by atoms with Crippen LogP contribution in [0.3, 0.4) is 0 Å². The van der Waals surface area contributed by atoms with Crippen LogP contribution in [0.2, 0.25) is 0 Å². The van der Waals surface area contributed by atoms with Gasteiger partial charge in [0.2, 0.25) is 11.8 Å². The van der Waals surface area contributed by atoms with Gasteiger partial charge in [0, 0.05) is 0 Å². The van der Waals surface area contributed by atoms with Crippen LogP contribution < -0.4 is 0 Å². The normalized spacial score (nSPS) is 30.7. The lowest BCUT2D eigenvalue weighted by Gasteiger charge is -2.26. The Hall–Kier alpha value is -0.990. The number of carbonyl (C=O) groups is 2. The van der Waals surface area contributed by atoms with Gasteiger partial charge in [-0.05, 0) is 25.2 Å². The number of nitrogens with zero attached hydrogens (tertiary/aromatic N) is 1. The first kappa shape index (κ1) is 15.4. The first-order chi connectivity index (χ1) is 9.40. The number of amides is 2. The van der Waals surface area contributed by atoms with Gasteiger partial charge in [-0.3, -0.25) is 9.59 Å². The van der Waals surface area contributed by atoms with Gasteiger partial charge >= 0.3 is 10.3 Å². The van der Waals surface area contributed by atoms with Crippen LogP contribution in [0.5, 0.6) is 0 Å². The van der Waals surface area contributed by atoms with Crippen molar-refractivity contribution in [2.45, 2.75) is 39.5 Å². The molecule has 0 radical (unpaired) electrons. The van der Waals surface area contributed by atoms with Gasteiger partial charge in [0.25, 0.3) is 0 Å². The molecule has 114 valence electrons. The van der Waals surface area contributed by atoms with Crippen molar-refractivity contribution in [2.24, 2.45) is 17.8 Å². The maximum Gasteiger partial charge on any atom is 0.398 e. The van der Waals surface area contributed by atoms with E-state index in [-0.39, 0.29) is 16.8 Å². The molecule has 1 saturated carbocycles. The Morgan fingerprint density at radius 1 is 1.25 bits per heavy atom. The molecule has 0 aromatic carbocycles. The third-order valence-electron chi connectivity index (χ3n) is 3.87. The second-order valence-corrected chi connectivity index (χ2v) is 6.69. The first-order valence-electron chi connectivity index (χ1n) is 6.84. The highest BCUT2D eigenvalue weighted by Crippen LogP contribution is 2.42. The van der Waals surface area contributed by atoms with Crippen LogP contribution in [0.4, 0.5) is 0 Å². The van der Waals surface area contributed by atoms with Crippen LogP contribution in [0.1, 0.15) is 39.5 Å². The second-order valence-electron chi connectivity index (χ2n) is 5.33. The molecule has 2 rings (SSSR count). The topological polar surface area (TPSA) is 90.0 Å². The van der Waals surface area contributed by atoms with Crippen LogP contribution in [-0.4, -0.2) is 31.1 Å². The monoisotopic (exact) mass is 305 g/mol. The Morgan fingerprint density at radius 2 is 1.95 bits per heavy atom. The summed E-state index contributed by atoms with van der Waals surface area (Å²) in [4.78, 5) is 28.9. The Labute approximate surface area is 118 Å². The van der Waals surface area contributed by atoms with Crippen molar-refractivity contribution >= 4 is 22.1 Å². The van der Waals surface area contributed by atoms with Gasteiger partial charge in [-0.25, -0.2) is 4.89 Å². The van der Waals surface area contributed by atoms with Crippen molar-refractivity contribution in [1.29, 1.82) is 0 Å². The molecule has 3 unspecified atom stereocenters. The maximum absolute atomic E-state index is 12.2. The van der Waals surface area contributed by atoms with Crippen LogP contribution in [0, 0.1) is 17.8 Å². The number of imide groups is 1. The molecule has 3 atom stereocenters. The van der Waals surface area contributed by atoms with Crippen molar-refractivity contribution in [3.8, 4) is 0 Å². The maximum atomic E-state index is 12.2. The lowest BCUT2D eigenvalue weighted by molar-refractivity contribution is -0.205. The first-order valence-corrected chi connectivity index (χ1v) is 8.20. The number of rotatable bonds is 5. The fraction of sp³-hybridized carbons (Fsp3) is 0.833. The summed E-state index contributed by atoms with van der Waals surface area (Å²) in [6.45, 7) is 3.71. The molecule has 0 aromatic rings. The van der Waals surface area contributed by atoms with Gasteiger partial charge in [0.15, 0.2) is 0 Å². The van der Waals surface area contributed by atoms with Crippen LogP contribution in [-0.2, 0) is 29.1 Å². The quantitative estimate of drug-likeness (QED) is 0.326. The highest BCUT2D eigenvalue weighted by atomic mass is 32.2. The fourth-order valence-electron chi connectivity index (χ4n) is 2.93. The Bertz CT molecular complexity index is 502. The van der Waals surface area contributed by atoms with Crippen molar-refractivity contribution in [3.05, 3.63) is 0 Å². The number of carbonyl (C=O) groups excluding carboxylic acids is 2. The summed E-state index contributed by atoms with van der Waals surface area (Å²) < 4.78 is 28.4. The van der Waals surface area contributed by atoms with Gasteiger partial charge < -0.3 is 0 Å². The van der Waals surface area contributed by atoms with Gasteiger partial charge in [0.05, 0.1) is 18.4 Å². The molecule has 2 fully saturated rings. The van der Waals surface area contributed by atoms with E-state index in [9.17, 15) is 18.0 Å². The predicted octanol–water partition coefficient (Wildman–Crippen LogP) is 1.01. The summed E-state index contributed by atoms with van der Waals surface area (Å²) in [6, 6.07) is 0. The van der Waals surface area contributed by atoms with Gasteiger partial charge in [-0.1, -0.05) is 24.6 Å². The smallest absolute Gasteiger partial charge is 0.273 e. The molecule has 0 spiro atoms. The summed E-state index contributed by atoms with van der Waals surface area (Å²) in [5, 5.41) is 0. The zero-order valence-electron chi connectivity index (χ0n) is 11.6. The molecule has 1 aliphatic heterocycles. The van der Waals surface area contributed by atoms with Crippen LogP contribution in [0.15, 0.2) is 0 Å². The van der Waals surface area contributed by atoms with E-state index in [0.29, 0.717) is 12.8 Å². The number of hydrogen-bond donors (Lipinski definition) is 0. The summed E-state index contributed by atoms with van der Waals surface area (Å²) in [5.74, 6) is -2.47. The third kappa shape index (κ3) is 2.59. The molecular formula is C12H19NO6S. The molecule has 0 N–H and O–H groups in total. The third-order valence-corrected chi connectivity index (χ3v) is 4.94. The Morgan fingerprint density at radius 3 is 2.55 bits per heavy atom. The molecule has 1 saturated heterocycles. The molecule has 0 bridgehead atoms. The number of hydrogen-bond acceptors (Lipinski definition) is 6. The zero-order chi connectivity index (χ0) is 14.9. The van der Waals surface area contributed by atoms with Gasteiger partial charge in [-0.2, -0.15) is 8.42 Å². The van der Waals surface area contributed by atoms with Crippen LogP contribution >= 0.6 is 0 Å². The summed E-state index contributed by atoms with van der Waals surface area (Å²) in [6.07, 6.45) is 2.74. The molecule has 7 nitrogen and oxygen atoms in total. The van der Waals surface area contributed by atoms with Gasteiger partial charge in [-0.15, -0.1) is 4.31 Å². The summed E-state index contributed by atoms with van der Waals surface area (Å²) in [7, 11) is -4.50. The molecule has 2 amide bonds. The minimum Gasteiger partial charge on any atom is -0.273 e. The fourth-order valence-corrected chi connectivity index (χ4v) is 3.88. The van der Waals surface area contributed by atoms with E-state index in [1.54, 1.807) is 6.92 Å². The van der Waals surface area contributed by atoms with Crippen LogP contribution in [0.25, 0.3) is 0 Å². The molecule has 1 aliphatic carbocycles. The summed E-state index contributed by atoms with van der Waals surface area (Å²) in [5.41, 5.74) is 0. The molecule has 8 heteroatoms. The minimum absolute atomic E-state index is 0.00181. The average molecular weight is 305 g/mol. The van der Waals surface area contributed by atoms with E-state index in [0.717, 1.165) is 12.8 Å². The summed E-state index contributed by atoms with van der Waals surface area (Å²) >= 11 is 0. The van der Waals surface area contributed by atoms with E-state index in [1.807, 2.05) is 6.92 Å². The molecule has 20 heavy (non-hydrogen) atoms. The van der Waals surface area contributed by atoms with E-state index >= 15 is 0 Å². The lowest BCUT2D eigenvalue weighted by atomic mass is 9.74. The number of fused-ring (bicyclic) bond motifs is 1. The largest absolute Gasteiger partial charge is 0.398 e. The lowest BCUT2D eigenvalue weighted by Crippen LogP contribution is -2.38. The Balaban J connectivity index is 2.20. The highest BCUT2D eigenvalue weighted by molar-refractivity contribution is 7.85. The van der Waals surface area contributed by atoms with Crippen molar-refractivity contribution in [3.63, 3.8) is 0 Å². The molecule has 1 heterocycles.